The number of carbonyl (C=O) groups is 1. The number of nitrogens with zero attached hydrogens (tertiary/aromatic N) is 2. The van der Waals surface area contributed by atoms with Crippen LogP contribution in [0.4, 0.5) is 11.5 Å². The molecule has 5 rings (SSSR count). The van der Waals surface area contributed by atoms with E-state index in [2.05, 4.69) is 51.2 Å². The third-order valence-corrected chi connectivity index (χ3v) is 5.56. The van der Waals surface area contributed by atoms with Gasteiger partial charge in [0.05, 0.1) is 22.4 Å². The number of aromatic amines is 3. The fraction of sp³-hybridized carbons (Fsp3) is 0.167. The van der Waals surface area contributed by atoms with Crippen molar-refractivity contribution in [1.82, 2.24) is 25.1 Å². The van der Waals surface area contributed by atoms with Gasteiger partial charge in [0, 0.05) is 33.6 Å². The number of amides is 1. The van der Waals surface area contributed by atoms with Gasteiger partial charge in [0.15, 0.2) is 11.5 Å². The largest absolute Gasteiger partial charge is 0.396 e. The Morgan fingerprint density at radius 2 is 1.82 bits per heavy atom. The molecule has 2 aromatic carbocycles. The molecule has 5 aromatic rings. The first-order chi connectivity index (χ1) is 15.7. The van der Waals surface area contributed by atoms with Gasteiger partial charge in [0.25, 0.3) is 11.5 Å². The number of hydrogen-bond donors (Lipinski definition) is 5. The Hall–Kier alpha value is -4.40. The van der Waals surface area contributed by atoms with Crippen LogP contribution in [0.1, 0.15) is 36.8 Å². The van der Waals surface area contributed by atoms with Gasteiger partial charge in [-0.3, -0.25) is 14.7 Å². The summed E-state index contributed by atoms with van der Waals surface area (Å²) in [5, 5.41) is 10.6. The molecular weight excluding hydrogens is 418 g/mol. The zero-order valence-electron chi connectivity index (χ0n) is 18.4. The standard InChI is InChI=1S/C24H23N7O2/c1-24(2,3)17-11-18(31-30-17)29-22(32)12-8-9-14-13(10-12)19(25)20(26-14)21-23(33)28-16-7-5-4-6-15(16)27-21/h4-11,26H,25H2,1-3H3,(H,28,33)(H2,29,30,31,32). The molecule has 9 nitrogen and oxygen atoms in total. The highest BCUT2D eigenvalue weighted by atomic mass is 16.1. The predicted molar refractivity (Wildman–Crippen MR) is 129 cm³/mol. The summed E-state index contributed by atoms with van der Waals surface area (Å²) < 4.78 is 0. The molecular formula is C24H23N7O2. The average molecular weight is 441 g/mol. The molecule has 0 saturated carbocycles. The first-order valence-electron chi connectivity index (χ1n) is 10.5. The Kier molecular flexibility index (Phi) is 4.56. The Balaban J connectivity index is 1.50. The molecule has 6 N–H and O–H groups in total. The van der Waals surface area contributed by atoms with Crippen LogP contribution in [0.5, 0.6) is 0 Å². The SMILES string of the molecule is CC(C)(C)c1cc(NC(=O)c2ccc3[nH]c(-c4nc5ccccc5[nH]c4=O)c(N)c3c2)n[nH]1. The van der Waals surface area contributed by atoms with Crippen LogP contribution in [-0.2, 0) is 5.41 Å². The van der Waals surface area contributed by atoms with Gasteiger partial charge in [-0.1, -0.05) is 32.9 Å². The number of nitrogens with two attached hydrogens (primary N) is 1. The molecule has 3 heterocycles. The molecule has 9 heteroatoms. The molecule has 0 unspecified atom stereocenters. The quantitative estimate of drug-likeness (QED) is 0.288. The number of rotatable bonds is 3. The molecule has 166 valence electrons. The van der Waals surface area contributed by atoms with E-state index < -0.39 is 0 Å². The predicted octanol–water partition coefficient (Wildman–Crippen LogP) is 3.93. The van der Waals surface area contributed by atoms with Gasteiger partial charge < -0.3 is 21.0 Å². The van der Waals surface area contributed by atoms with Crippen molar-refractivity contribution >= 4 is 39.3 Å². The highest BCUT2D eigenvalue weighted by molar-refractivity contribution is 6.08. The molecule has 0 saturated heterocycles. The van der Waals surface area contributed by atoms with E-state index in [0.717, 1.165) is 5.69 Å². The number of fused-ring (bicyclic) bond motifs is 2. The second kappa shape index (κ2) is 7.33. The van der Waals surface area contributed by atoms with Crippen LogP contribution in [0.3, 0.4) is 0 Å². The van der Waals surface area contributed by atoms with E-state index >= 15 is 0 Å². The summed E-state index contributed by atoms with van der Waals surface area (Å²) in [7, 11) is 0. The van der Waals surface area contributed by atoms with Crippen molar-refractivity contribution in [1.29, 1.82) is 0 Å². The van der Waals surface area contributed by atoms with E-state index in [0.29, 0.717) is 44.7 Å². The molecule has 3 aromatic heterocycles. The molecule has 0 aliphatic rings. The second-order valence-electron chi connectivity index (χ2n) is 8.98. The summed E-state index contributed by atoms with van der Waals surface area (Å²) in [5.41, 5.74) is 10.2. The number of H-pyrrole nitrogens is 3. The Bertz CT molecular complexity index is 1580. The average Bonchev–Trinajstić information content (AvgIpc) is 3.38. The number of nitrogens with one attached hydrogen (secondary N) is 4. The second-order valence-corrected chi connectivity index (χ2v) is 8.98. The lowest BCUT2D eigenvalue weighted by atomic mass is 9.92. The van der Waals surface area contributed by atoms with Gasteiger partial charge in [-0.25, -0.2) is 4.98 Å². The van der Waals surface area contributed by atoms with Crippen LogP contribution in [0.2, 0.25) is 0 Å². The van der Waals surface area contributed by atoms with Crippen LogP contribution in [0.25, 0.3) is 33.3 Å². The molecule has 0 aliphatic heterocycles. The van der Waals surface area contributed by atoms with Crippen molar-refractivity contribution in [3.8, 4) is 11.4 Å². The smallest absolute Gasteiger partial charge is 0.276 e. The number of benzene rings is 2. The number of carbonyl (C=O) groups excluding carboxylic acids is 1. The maximum absolute atomic E-state index is 12.8. The van der Waals surface area contributed by atoms with Crippen molar-refractivity contribution in [2.75, 3.05) is 11.1 Å². The topological polar surface area (TPSA) is 145 Å². The molecule has 0 aliphatic carbocycles. The van der Waals surface area contributed by atoms with Crippen LogP contribution in [0.15, 0.2) is 53.3 Å². The Labute approximate surface area is 188 Å². The van der Waals surface area contributed by atoms with E-state index in [9.17, 15) is 9.59 Å². The van der Waals surface area contributed by atoms with Gasteiger partial charge in [-0.15, -0.1) is 0 Å². The zero-order chi connectivity index (χ0) is 23.3. The van der Waals surface area contributed by atoms with Gasteiger partial charge in [-0.05, 0) is 30.3 Å². The van der Waals surface area contributed by atoms with Crippen molar-refractivity contribution in [3.05, 3.63) is 70.1 Å². The number of para-hydroxylation sites is 2. The summed E-state index contributed by atoms with van der Waals surface area (Å²) in [5.74, 6) is 0.132. The summed E-state index contributed by atoms with van der Waals surface area (Å²) in [6, 6.07) is 14.2. The minimum Gasteiger partial charge on any atom is -0.396 e. The minimum atomic E-state index is -0.349. The van der Waals surface area contributed by atoms with Crippen LogP contribution >= 0.6 is 0 Å². The molecule has 33 heavy (non-hydrogen) atoms. The van der Waals surface area contributed by atoms with Crippen LogP contribution in [-0.4, -0.2) is 31.1 Å². The number of hydrogen-bond acceptors (Lipinski definition) is 5. The van der Waals surface area contributed by atoms with Gasteiger partial charge in [-0.2, -0.15) is 5.10 Å². The number of aromatic nitrogens is 5. The highest BCUT2D eigenvalue weighted by Gasteiger charge is 2.19. The molecule has 0 fully saturated rings. The lowest BCUT2D eigenvalue weighted by molar-refractivity contribution is 0.102. The maximum Gasteiger partial charge on any atom is 0.276 e. The fourth-order valence-electron chi connectivity index (χ4n) is 3.70. The number of anilines is 2. The minimum absolute atomic E-state index is 0.112. The fourth-order valence-corrected chi connectivity index (χ4v) is 3.70. The third-order valence-electron chi connectivity index (χ3n) is 5.56. The maximum atomic E-state index is 12.8. The van der Waals surface area contributed by atoms with E-state index in [1.807, 2.05) is 24.3 Å². The van der Waals surface area contributed by atoms with Crippen molar-refractivity contribution in [3.63, 3.8) is 0 Å². The Morgan fingerprint density at radius 3 is 2.58 bits per heavy atom. The van der Waals surface area contributed by atoms with Crippen molar-refractivity contribution < 1.29 is 4.79 Å². The van der Waals surface area contributed by atoms with Crippen LogP contribution < -0.4 is 16.6 Å². The van der Waals surface area contributed by atoms with Gasteiger partial charge in [0.1, 0.15) is 0 Å². The molecule has 0 atom stereocenters. The summed E-state index contributed by atoms with van der Waals surface area (Å²) in [6.45, 7) is 6.17. The lowest BCUT2D eigenvalue weighted by Gasteiger charge is -2.14. The summed E-state index contributed by atoms with van der Waals surface area (Å²) in [4.78, 5) is 36.0. The summed E-state index contributed by atoms with van der Waals surface area (Å²) in [6.07, 6.45) is 0. The van der Waals surface area contributed by atoms with Gasteiger partial charge >= 0.3 is 0 Å². The monoisotopic (exact) mass is 441 g/mol. The Morgan fingerprint density at radius 1 is 1.03 bits per heavy atom. The molecule has 0 bridgehead atoms. The van der Waals surface area contributed by atoms with Crippen molar-refractivity contribution in [2.45, 2.75) is 26.2 Å². The highest BCUT2D eigenvalue weighted by Crippen LogP contribution is 2.31. The zero-order valence-corrected chi connectivity index (χ0v) is 18.4. The van der Waals surface area contributed by atoms with Crippen LogP contribution in [0, 0.1) is 0 Å². The van der Waals surface area contributed by atoms with E-state index in [-0.39, 0.29) is 22.6 Å². The number of nitrogen functional groups attached to an aromatic ring is 1. The molecule has 0 spiro atoms. The van der Waals surface area contributed by atoms with Crippen molar-refractivity contribution in [2.24, 2.45) is 0 Å². The lowest BCUT2D eigenvalue weighted by Crippen LogP contribution is -2.12. The van der Waals surface area contributed by atoms with E-state index in [1.165, 1.54) is 0 Å². The molecule has 1 amide bonds. The third kappa shape index (κ3) is 3.63. The summed E-state index contributed by atoms with van der Waals surface area (Å²) >= 11 is 0. The molecule has 0 radical (unpaired) electrons. The first-order valence-corrected chi connectivity index (χ1v) is 10.5. The van der Waals surface area contributed by atoms with E-state index in [1.54, 1.807) is 24.3 Å². The van der Waals surface area contributed by atoms with E-state index in [4.69, 9.17) is 5.73 Å². The first kappa shape index (κ1) is 20.5. The van der Waals surface area contributed by atoms with Gasteiger partial charge in [0.2, 0.25) is 0 Å². The normalized spacial score (nSPS) is 11.8.